The van der Waals surface area contributed by atoms with E-state index < -0.39 is 84.5 Å². The van der Waals surface area contributed by atoms with Crippen molar-refractivity contribution in [1.29, 1.82) is 0 Å². The fourth-order valence-electron chi connectivity index (χ4n) is 4.96. The summed E-state index contributed by atoms with van der Waals surface area (Å²) in [6.45, 7) is -0.766. The number of benzene rings is 1. The van der Waals surface area contributed by atoms with Crippen LogP contribution in [0.5, 0.6) is 11.5 Å². The molecule has 234 valence electrons. The maximum absolute atomic E-state index is 13.3. The van der Waals surface area contributed by atoms with Gasteiger partial charge in [0.2, 0.25) is 6.29 Å². The van der Waals surface area contributed by atoms with Crippen LogP contribution in [-0.2, 0) is 38.1 Å². The molecule has 0 spiro atoms. The molecule has 0 bridgehead atoms. The van der Waals surface area contributed by atoms with Crippen LogP contribution < -0.4 is 4.74 Å². The molecule has 0 radical (unpaired) electrons. The molecule has 1 fully saturated rings. The molecule has 1 saturated heterocycles. The molecule has 16 heteroatoms. The summed E-state index contributed by atoms with van der Waals surface area (Å²) in [5.41, 5.74) is -3.36. The zero-order valence-electron chi connectivity index (χ0n) is 22.7. The Labute approximate surface area is 243 Å². The van der Waals surface area contributed by atoms with E-state index in [0.717, 1.165) is 25.5 Å². The van der Waals surface area contributed by atoms with Crippen LogP contribution in [0.3, 0.4) is 0 Å². The second kappa shape index (κ2) is 12.7. The number of aliphatic hydroxyl groups excluding tert-OH is 4. The predicted octanol–water partition coefficient (Wildman–Crippen LogP) is -1.87. The summed E-state index contributed by atoms with van der Waals surface area (Å²) in [4.78, 5) is 37.7. The van der Waals surface area contributed by atoms with Crippen molar-refractivity contribution in [2.45, 2.75) is 42.6 Å². The van der Waals surface area contributed by atoms with Crippen molar-refractivity contribution in [1.82, 2.24) is 0 Å². The lowest BCUT2D eigenvalue weighted by Crippen LogP contribution is -2.61. The Morgan fingerprint density at radius 3 is 2.42 bits per heavy atom. The molecule has 0 saturated carbocycles. The summed E-state index contributed by atoms with van der Waals surface area (Å²) in [6, 6.07) is 3.56. The van der Waals surface area contributed by atoms with Gasteiger partial charge in [0.15, 0.2) is 23.4 Å². The molecule has 1 aromatic rings. The molecule has 7 N–H and O–H groups in total. The predicted molar refractivity (Wildman–Crippen MR) is 137 cm³/mol. The Hall–Kier alpha value is -4.03. The highest BCUT2D eigenvalue weighted by atomic mass is 16.8. The first-order valence-electron chi connectivity index (χ1n) is 12.7. The highest BCUT2D eigenvalue weighted by Gasteiger charge is 2.59. The summed E-state index contributed by atoms with van der Waals surface area (Å²) in [5, 5.41) is 71.2. The van der Waals surface area contributed by atoms with Crippen molar-refractivity contribution in [3.8, 4) is 11.5 Å². The minimum Gasteiger partial charge on any atom is -0.504 e. The van der Waals surface area contributed by atoms with E-state index in [1.165, 1.54) is 25.3 Å². The van der Waals surface area contributed by atoms with Gasteiger partial charge in [-0.3, -0.25) is 0 Å². The highest BCUT2D eigenvalue weighted by Crippen LogP contribution is 2.46. The van der Waals surface area contributed by atoms with Crippen LogP contribution in [0.1, 0.15) is 5.56 Å². The van der Waals surface area contributed by atoms with E-state index in [1.807, 2.05) is 0 Å². The maximum atomic E-state index is 13.3. The SMILES string of the molecule is COC(=O)C1=COC(O[C@H]2O[C@@H](CO)[C@H](O)[C@@H](O)[C@@H]2O)C2C1C=C[C@@]2(O)C(=O)O/C=C(\C(=O)O)c1ccc(O)c(OC)c1. The summed E-state index contributed by atoms with van der Waals surface area (Å²) in [6.07, 6.45) is -6.42. The van der Waals surface area contributed by atoms with E-state index in [0.29, 0.717) is 6.26 Å². The Kier molecular flexibility index (Phi) is 9.41. The average Bonchev–Trinajstić information content (AvgIpc) is 3.36. The first-order chi connectivity index (χ1) is 20.4. The van der Waals surface area contributed by atoms with Crippen LogP contribution in [0.4, 0.5) is 0 Å². The highest BCUT2D eigenvalue weighted by molar-refractivity contribution is 6.15. The standard InChI is InChI=1S/C27H30O16/c1-38-16-7-11(3-4-15(16)29)13(22(33)34)9-41-26(36)27(37)6-5-12-14(23(35)39-2)10-40-24(18(12)27)43-25-21(32)20(31)19(30)17(8-28)42-25/h3-7,9-10,12,17-21,24-25,28-32,37H,8H2,1-2H3,(H,33,34)/b13-9-/t12?,17-,18?,19-,20+,21-,24?,25+,27-/m0/s1. The number of aliphatic hydroxyl groups is 5. The van der Waals surface area contributed by atoms with Gasteiger partial charge in [-0.25, -0.2) is 14.4 Å². The van der Waals surface area contributed by atoms with Crippen molar-refractivity contribution in [3.05, 3.63) is 54.0 Å². The molecular weight excluding hydrogens is 580 g/mol. The number of ether oxygens (including phenoxy) is 6. The number of carbonyl (C=O) groups is 3. The molecule has 43 heavy (non-hydrogen) atoms. The lowest BCUT2D eigenvalue weighted by molar-refractivity contribution is -0.345. The monoisotopic (exact) mass is 610 g/mol. The van der Waals surface area contributed by atoms with E-state index in [4.69, 9.17) is 28.4 Å². The average molecular weight is 611 g/mol. The van der Waals surface area contributed by atoms with Crippen LogP contribution in [-0.4, -0.2) is 117 Å². The fraction of sp³-hybridized carbons (Fsp3) is 0.444. The quantitative estimate of drug-likeness (QED) is 0.0700. The first-order valence-corrected chi connectivity index (χ1v) is 12.7. The van der Waals surface area contributed by atoms with E-state index in [2.05, 4.69) is 0 Å². The van der Waals surface area contributed by atoms with Crippen molar-refractivity contribution >= 4 is 23.5 Å². The molecule has 1 aromatic carbocycles. The number of carboxylic acids is 1. The van der Waals surface area contributed by atoms with Gasteiger partial charge in [-0.1, -0.05) is 12.1 Å². The van der Waals surface area contributed by atoms with E-state index >= 15 is 0 Å². The molecular formula is C27H30O16. The van der Waals surface area contributed by atoms with Gasteiger partial charge in [0.05, 0.1) is 38.6 Å². The van der Waals surface area contributed by atoms with Crippen LogP contribution in [0.15, 0.2) is 48.4 Å². The van der Waals surface area contributed by atoms with Crippen molar-refractivity contribution < 1.29 is 78.6 Å². The number of fused-ring (bicyclic) bond motifs is 1. The van der Waals surface area contributed by atoms with Crippen LogP contribution in [0, 0.1) is 11.8 Å². The van der Waals surface area contributed by atoms with Gasteiger partial charge in [0.25, 0.3) is 0 Å². The Morgan fingerprint density at radius 1 is 1.07 bits per heavy atom. The zero-order chi connectivity index (χ0) is 31.6. The lowest BCUT2D eigenvalue weighted by atomic mass is 9.79. The minimum atomic E-state index is -2.64. The smallest absolute Gasteiger partial charge is 0.347 e. The largest absolute Gasteiger partial charge is 0.504 e. The molecule has 4 rings (SSSR count). The van der Waals surface area contributed by atoms with Gasteiger partial charge in [0.1, 0.15) is 36.3 Å². The molecule has 3 aliphatic rings. The molecule has 2 heterocycles. The maximum Gasteiger partial charge on any atom is 0.347 e. The third-order valence-corrected chi connectivity index (χ3v) is 7.30. The molecule has 0 amide bonds. The van der Waals surface area contributed by atoms with Gasteiger partial charge in [-0.05, 0) is 23.8 Å². The molecule has 9 atom stereocenters. The number of carbonyl (C=O) groups excluding carboxylic acids is 2. The topological polar surface area (TPSA) is 248 Å². The Balaban J connectivity index is 1.65. The Bertz CT molecular complexity index is 1330. The number of phenols is 1. The lowest BCUT2D eigenvalue weighted by Gasteiger charge is -2.44. The van der Waals surface area contributed by atoms with Crippen molar-refractivity contribution in [2.75, 3.05) is 20.8 Å². The van der Waals surface area contributed by atoms with Crippen LogP contribution >= 0.6 is 0 Å². The van der Waals surface area contributed by atoms with Gasteiger partial charge >= 0.3 is 17.9 Å². The minimum absolute atomic E-state index is 0.0254. The molecule has 3 unspecified atom stereocenters. The summed E-state index contributed by atoms with van der Waals surface area (Å²) < 4.78 is 31.3. The summed E-state index contributed by atoms with van der Waals surface area (Å²) >= 11 is 0. The number of hydrogen-bond acceptors (Lipinski definition) is 15. The number of carboxylic acid groups (broad SMARTS) is 1. The number of aromatic hydroxyl groups is 1. The fourth-order valence-corrected chi connectivity index (χ4v) is 4.96. The number of methoxy groups -OCH3 is 2. The van der Waals surface area contributed by atoms with Gasteiger partial charge < -0.3 is 64.2 Å². The van der Waals surface area contributed by atoms with Gasteiger partial charge in [-0.15, -0.1) is 0 Å². The van der Waals surface area contributed by atoms with Crippen molar-refractivity contribution in [3.63, 3.8) is 0 Å². The number of aliphatic carboxylic acids is 1. The second-order valence-corrected chi connectivity index (χ2v) is 9.77. The molecule has 16 nitrogen and oxygen atoms in total. The number of hydrogen-bond donors (Lipinski definition) is 7. The molecule has 1 aliphatic carbocycles. The summed E-state index contributed by atoms with van der Waals surface area (Å²) in [7, 11) is 2.33. The first kappa shape index (κ1) is 31.9. The van der Waals surface area contributed by atoms with Crippen molar-refractivity contribution in [2.24, 2.45) is 11.8 Å². The number of rotatable bonds is 9. The number of phenolic OH excluding ortho intramolecular Hbond substituents is 1. The summed E-state index contributed by atoms with van der Waals surface area (Å²) in [5.74, 6) is -6.80. The molecule has 0 aromatic heterocycles. The number of allylic oxidation sites excluding steroid dienone is 1. The van der Waals surface area contributed by atoms with Gasteiger partial charge in [0, 0.05) is 5.92 Å². The van der Waals surface area contributed by atoms with E-state index in [9.17, 15) is 50.1 Å². The zero-order valence-corrected chi connectivity index (χ0v) is 22.7. The number of esters is 2. The second-order valence-electron chi connectivity index (χ2n) is 9.77. The normalized spacial score (nSPS) is 33.6. The Morgan fingerprint density at radius 2 is 1.79 bits per heavy atom. The third-order valence-electron chi connectivity index (χ3n) is 7.30. The van der Waals surface area contributed by atoms with E-state index in [-0.39, 0.29) is 22.6 Å². The molecule has 2 aliphatic heterocycles. The van der Waals surface area contributed by atoms with Crippen LogP contribution in [0.25, 0.3) is 5.57 Å². The van der Waals surface area contributed by atoms with Crippen LogP contribution in [0.2, 0.25) is 0 Å². The van der Waals surface area contributed by atoms with Gasteiger partial charge in [-0.2, -0.15) is 0 Å². The van der Waals surface area contributed by atoms with E-state index in [1.54, 1.807) is 0 Å². The third kappa shape index (κ3) is 5.94.